The average molecular weight is 252 g/mol. The molecule has 2 atom stereocenters. The molecule has 0 aliphatic heterocycles. The summed E-state index contributed by atoms with van der Waals surface area (Å²) < 4.78 is 12.8. The summed E-state index contributed by atoms with van der Waals surface area (Å²) >= 11 is 0. The fourth-order valence-electron chi connectivity index (χ4n) is 1.83. The van der Waals surface area contributed by atoms with Crippen LogP contribution in [0, 0.1) is 5.82 Å². The number of halogens is 1. The quantitative estimate of drug-likeness (QED) is 0.846. The smallest absolute Gasteiger partial charge is 0.240 e. The molecule has 0 radical (unpaired) electrons. The zero-order chi connectivity index (χ0) is 13.8. The largest absolute Gasteiger partial charge is 0.348 e. The second kappa shape index (κ2) is 5.96. The maximum Gasteiger partial charge on any atom is 0.240 e. The maximum absolute atomic E-state index is 12.8. The van der Waals surface area contributed by atoms with Gasteiger partial charge in [-0.25, -0.2) is 4.39 Å². The van der Waals surface area contributed by atoms with Gasteiger partial charge in [0.2, 0.25) is 5.91 Å². The standard InChI is InChI=1S/C14H21FN2O/c1-4-9-14(3,16)13(18)17-10(2)11-5-7-12(15)8-6-11/h5-8,10H,4,9,16H2,1-3H3,(H,17,18)/t10-,14?/m0/s1. The summed E-state index contributed by atoms with van der Waals surface area (Å²) in [6.45, 7) is 5.57. The van der Waals surface area contributed by atoms with Gasteiger partial charge in [0.05, 0.1) is 11.6 Å². The molecule has 1 aromatic carbocycles. The van der Waals surface area contributed by atoms with Gasteiger partial charge in [-0.3, -0.25) is 4.79 Å². The molecule has 0 saturated heterocycles. The van der Waals surface area contributed by atoms with Crippen molar-refractivity contribution >= 4 is 5.91 Å². The molecule has 0 bridgehead atoms. The number of rotatable bonds is 5. The number of carbonyl (C=O) groups excluding carboxylic acids is 1. The lowest BCUT2D eigenvalue weighted by molar-refractivity contribution is -0.126. The lowest BCUT2D eigenvalue weighted by Gasteiger charge is -2.25. The van der Waals surface area contributed by atoms with Gasteiger partial charge >= 0.3 is 0 Å². The Bertz CT molecular complexity index is 401. The van der Waals surface area contributed by atoms with Crippen LogP contribution in [0.4, 0.5) is 4.39 Å². The number of hydrogen-bond acceptors (Lipinski definition) is 2. The van der Waals surface area contributed by atoms with Gasteiger partial charge in [-0.2, -0.15) is 0 Å². The van der Waals surface area contributed by atoms with Crippen LogP contribution in [-0.2, 0) is 4.79 Å². The minimum Gasteiger partial charge on any atom is -0.348 e. The third kappa shape index (κ3) is 3.81. The summed E-state index contributed by atoms with van der Waals surface area (Å²) in [7, 11) is 0. The Kier molecular flexibility index (Phi) is 4.84. The van der Waals surface area contributed by atoms with Crippen LogP contribution in [-0.4, -0.2) is 11.4 Å². The van der Waals surface area contributed by atoms with Crippen molar-refractivity contribution in [2.24, 2.45) is 5.73 Å². The molecular formula is C14H21FN2O. The summed E-state index contributed by atoms with van der Waals surface area (Å²) in [6, 6.07) is 5.90. The van der Waals surface area contributed by atoms with Crippen molar-refractivity contribution in [2.45, 2.75) is 45.2 Å². The van der Waals surface area contributed by atoms with Crippen molar-refractivity contribution in [3.05, 3.63) is 35.6 Å². The highest BCUT2D eigenvalue weighted by Gasteiger charge is 2.28. The zero-order valence-electron chi connectivity index (χ0n) is 11.2. The van der Waals surface area contributed by atoms with Crippen molar-refractivity contribution in [2.75, 3.05) is 0 Å². The van der Waals surface area contributed by atoms with Gasteiger partial charge in [0.15, 0.2) is 0 Å². The third-order valence-electron chi connectivity index (χ3n) is 3.01. The van der Waals surface area contributed by atoms with Gasteiger partial charge in [-0.15, -0.1) is 0 Å². The van der Waals surface area contributed by atoms with Crippen LogP contribution in [0.3, 0.4) is 0 Å². The molecule has 1 aromatic rings. The summed E-state index contributed by atoms with van der Waals surface area (Å²) in [6.07, 6.45) is 1.49. The fraction of sp³-hybridized carbons (Fsp3) is 0.500. The van der Waals surface area contributed by atoms with Gasteiger partial charge in [-0.05, 0) is 38.0 Å². The summed E-state index contributed by atoms with van der Waals surface area (Å²) in [5.41, 5.74) is 5.95. The van der Waals surface area contributed by atoms with Crippen LogP contribution < -0.4 is 11.1 Å². The highest BCUT2D eigenvalue weighted by Crippen LogP contribution is 2.15. The first-order valence-electron chi connectivity index (χ1n) is 6.22. The van der Waals surface area contributed by atoms with E-state index in [4.69, 9.17) is 5.73 Å². The molecule has 0 aliphatic carbocycles. The molecule has 1 rings (SSSR count). The van der Waals surface area contributed by atoms with E-state index in [2.05, 4.69) is 5.32 Å². The Morgan fingerprint density at radius 2 is 2.00 bits per heavy atom. The molecule has 1 unspecified atom stereocenters. The van der Waals surface area contributed by atoms with Crippen molar-refractivity contribution in [3.8, 4) is 0 Å². The fourth-order valence-corrected chi connectivity index (χ4v) is 1.83. The monoisotopic (exact) mass is 252 g/mol. The molecule has 3 nitrogen and oxygen atoms in total. The number of nitrogens with two attached hydrogens (primary N) is 1. The van der Waals surface area contributed by atoms with E-state index in [1.165, 1.54) is 12.1 Å². The van der Waals surface area contributed by atoms with Crippen molar-refractivity contribution < 1.29 is 9.18 Å². The van der Waals surface area contributed by atoms with Crippen LogP contribution in [0.1, 0.15) is 45.2 Å². The van der Waals surface area contributed by atoms with Crippen LogP contribution in [0.15, 0.2) is 24.3 Å². The van der Waals surface area contributed by atoms with Crippen LogP contribution >= 0.6 is 0 Å². The molecule has 0 fully saturated rings. The summed E-state index contributed by atoms with van der Waals surface area (Å²) in [5.74, 6) is -0.465. The lowest BCUT2D eigenvalue weighted by atomic mass is 9.95. The Hall–Kier alpha value is -1.42. The topological polar surface area (TPSA) is 55.1 Å². The van der Waals surface area contributed by atoms with Crippen LogP contribution in [0.25, 0.3) is 0 Å². The summed E-state index contributed by atoms with van der Waals surface area (Å²) in [4.78, 5) is 12.0. The molecule has 0 saturated carbocycles. The SMILES string of the molecule is CCCC(C)(N)C(=O)N[C@@H](C)c1ccc(F)cc1. The second-order valence-corrected chi connectivity index (χ2v) is 4.91. The molecule has 0 heterocycles. The Morgan fingerprint density at radius 1 is 1.44 bits per heavy atom. The average Bonchev–Trinajstić information content (AvgIpc) is 2.29. The van der Waals surface area contributed by atoms with E-state index < -0.39 is 5.54 Å². The second-order valence-electron chi connectivity index (χ2n) is 4.91. The molecule has 0 aliphatic rings. The number of amides is 1. The van der Waals surface area contributed by atoms with E-state index in [-0.39, 0.29) is 17.8 Å². The van der Waals surface area contributed by atoms with Gasteiger partial charge in [0.25, 0.3) is 0 Å². The number of nitrogens with one attached hydrogen (secondary N) is 1. The molecule has 18 heavy (non-hydrogen) atoms. The normalized spacial score (nSPS) is 15.8. The molecular weight excluding hydrogens is 231 g/mol. The van der Waals surface area contributed by atoms with E-state index in [0.29, 0.717) is 6.42 Å². The van der Waals surface area contributed by atoms with Crippen molar-refractivity contribution in [1.82, 2.24) is 5.32 Å². The van der Waals surface area contributed by atoms with Crippen LogP contribution in [0.2, 0.25) is 0 Å². The van der Waals surface area contributed by atoms with E-state index in [9.17, 15) is 9.18 Å². The molecule has 3 N–H and O–H groups in total. The highest BCUT2D eigenvalue weighted by atomic mass is 19.1. The maximum atomic E-state index is 12.8. The Labute approximate surface area is 108 Å². The molecule has 0 spiro atoms. The van der Waals surface area contributed by atoms with E-state index >= 15 is 0 Å². The first kappa shape index (κ1) is 14.6. The molecule has 4 heteroatoms. The predicted octanol–water partition coefficient (Wildman–Crippen LogP) is 2.52. The van der Waals surface area contributed by atoms with Gasteiger partial charge in [-0.1, -0.05) is 25.5 Å². The Balaban J connectivity index is 2.67. The van der Waals surface area contributed by atoms with E-state index in [1.54, 1.807) is 19.1 Å². The Morgan fingerprint density at radius 3 is 2.50 bits per heavy atom. The first-order chi connectivity index (χ1) is 8.36. The molecule has 100 valence electrons. The summed E-state index contributed by atoms with van der Waals surface area (Å²) in [5, 5.41) is 2.85. The number of carbonyl (C=O) groups is 1. The minimum atomic E-state index is -0.858. The van der Waals surface area contributed by atoms with Crippen molar-refractivity contribution in [1.29, 1.82) is 0 Å². The predicted molar refractivity (Wildman–Crippen MR) is 70.5 cm³/mol. The lowest BCUT2D eigenvalue weighted by Crippen LogP contribution is -2.52. The molecule has 1 amide bonds. The van der Waals surface area contributed by atoms with E-state index in [1.807, 2.05) is 13.8 Å². The van der Waals surface area contributed by atoms with Gasteiger partial charge in [0.1, 0.15) is 5.82 Å². The van der Waals surface area contributed by atoms with E-state index in [0.717, 1.165) is 12.0 Å². The zero-order valence-corrected chi connectivity index (χ0v) is 11.2. The van der Waals surface area contributed by atoms with Crippen molar-refractivity contribution in [3.63, 3.8) is 0 Å². The van der Waals surface area contributed by atoms with Crippen LogP contribution in [0.5, 0.6) is 0 Å². The minimum absolute atomic E-state index is 0.179. The molecule has 0 aromatic heterocycles. The number of benzene rings is 1. The van der Waals surface area contributed by atoms with Gasteiger partial charge in [0, 0.05) is 0 Å². The number of hydrogen-bond donors (Lipinski definition) is 2. The first-order valence-corrected chi connectivity index (χ1v) is 6.22. The van der Waals surface area contributed by atoms with Gasteiger partial charge < -0.3 is 11.1 Å². The third-order valence-corrected chi connectivity index (χ3v) is 3.01. The highest BCUT2D eigenvalue weighted by molar-refractivity contribution is 5.85.